The molecule has 3 saturated heterocycles. The molecule has 12 heteroatoms. The van der Waals surface area contributed by atoms with Gasteiger partial charge in [-0.25, -0.2) is 0 Å². The number of carbonyl (C=O) groups excluding carboxylic acids is 3. The standard InChI is InChI=1S/C46H52FN5O5Si/c1-31-42(58(2,3)47)40(26-41(54)49-28-34-12-8-7-11-33(34)25-37(49)29-53)57-46(31)38-15-9-10-16-39(38)50(44(46)56)27-32-17-19-35(20-18-32)51-30-52(36-13-5-4-6-14-36)45(43(51)55)21-23-48-24-22-45/h4-20,31,37,40,42,48,53H,21-30H2,1-3H3/t31-,37-,40+,42-,46+/m0/s1. The zero-order chi connectivity index (χ0) is 40.4. The van der Waals surface area contributed by atoms with Crippen LogP contribution in [0.1, 0.15) is 48.4 Å². The van der Waals surface area contributed by atoms with Crippen molar-refractivity contribution in [3.63, 3.8) is 0 Å². The number of rotatable bonds is 8. The lowest BCUT2D eigenvalue weighted by Gasteiger charge is -2.39. The fourth-order valence-corrected chi connectivity index (χ4v) is 13.3. The van der Waals surface area contributed by atoms with Crippen molar-refractivity contribution in [2.45, 2.75) is 87.6 Å². The van der Waals surface area contributed by atoms with Crippen molar-refractivity contribution in [2.75, 3.05) is 41.1 Å². The Bertz CT molecular complexity index is 2210. The first-order valence-corrected chi connectivity index (χ1v) is 23.6. The third-order valence-electron chi connectivity index (χ3n) is 13.7. The fraction of sp³-hybridized carbons (Fsp3) is 0.413. The van der Waals surface area contributed by atoms with E-state index >= 15 is 8.90 Å². The summed E-state index contributed by atoms with van der Waals surface area (Å²) in [6.07, 6.45) is 1.09. The number of carbonyl (C=O) groups is 3. The monoisotopic (exact) mass is 801 g/mol. The first-order valence-electron chi connectivity index (χ1n) is 20.7. The van der Waals surface area contributed by atoms with E-state index in [-0.39, 0.29) is 37.3 Å². The lowest BCUT2D eigenvalue weighted by Crippen LogP contribution is -2.55. The topological polar surface area (TPSA) is 106 Å². The van der Waals surface area contributed by atoms with E-state index in [1.807, 2.05) is 103 Å². The van der Waals surface area contributed by atoms with Gasteiger partial charge in [0.25, 0.3) is 11.8 Å². The number of benzene rings is 4. The van der Waals surface area contributed by atoms with Crippen LogP contribution in [0.3, 0.4) is 0 Å². The molecule has 3 amide bonds. The van der Waals surface area contributed by atoms with E-state index in [2.05, 4.69) is 22.3 Å². The number of ether oxygens (including phenoxy) is 1. The highest BCUT2D eigenvalue weighted by Crippen LogP contribution is 2.60. The van der Waals surface area contributed by atoms with Crippen LogP contribution in [0.5, 0.6) is 0 Å². The minimum Gasteiger partial charge on any atom is -0.394 e. The Labute approximate surface area is 340 Å². The van der Waals surface area contributed by atoms with Crippen LogP contribution in [-0.2, 0) is 44.2 Å². The molecular formula is C46H52FN5O5Si. The van der Waals surface area contributed by atoms with Crippen LogP contribution in [0, 0.1) is 5.92 Å². The van der Waals surface area contributed by atoms with E-state index in [9.17, 15) is 14.7 Å². The molecule has 5 aliphatic heterocycles. The summed E-state index contributed by atoms with van der Waals surface area (Å²) in [7, 11) is -3.51. The quantitative estimate of drug-likeness (QED) is 0.160. The summed E-state index contributed by atoms with van der Waals surface area (Å²) in [6, 6.07) is 33.1. The van der Waals surface area contributed by atoms with Gasteiger partial charge in [-0.05, 0) is 92.5 Å². The van der Waals surface area contributed by atoms with Crippen molar-refractivity contribution < 1.29 is 28.3 Å². The van der Waals surface area contributed by atoms with Gasteiger partial charge in [0.15, 0.2) is 5.60 Å². The van der Waals surface area contributed by atoms with Crippen molar-refractivity contribution >= 4 is 43.2 Å². The van der Waals surface area contributed by atoms with Crippen molar-refractivity contribution in [3.8, 4) is 0 Å². The second-order valence-corrected chi connectivity index (χ2v) is 21.1. The molecule has 0 bridgehead atoms. The molecule has 10 nitrogen and oxygen atoms in total. The highest BCUT2D eigenvalue weighted by Gasteiger charge is 2.67. The Morgan fingerprint density at radius 3 is 2.26 bits per heavy atom. The van der Waals surface area contributed by atoms with Gasteiger partial charge in [0.2, 0.25) is 14.3 Å². The predicted molar refractivity (Wildman–Crippen MR) is 224 cm³/mol. The van der Waals surface area contributed by atoms with Crippen LogP contribution in [0.4, 0.5) is 21.2 Å². The molecule has 58 heavy (non-hydrogen) atoms. The molecule has 4 aromatic carbocycles. The highest BCUT2D eigenvalue weighted by molar-refractivity contribution is 6.72. The van der Waals surface area contributed by atoms with Crippen LogP contribution in [-0.4, -0.2) is 80.2 Å². The molecule has 9 rings (SSSR count). The van der Waals surface area contributed by atoms with E-state index in [1.54, 1.807) is 22.9 Å². The van der Waals surface area contributed by atoms with Crippen LogP contribution in [0.15, 0.2) is 103 Å². The molecule has 4 aromatic rings. The SMILES string of the molecule is C[C@H]1[C@H]([Si](C)(C)F)[C@@H](CC(=O)N2Cc3ccccc3C[C@H]2CO)O[C@]12C(=O)N(Cc1ccc(N3CN(c4ccccc4)C4(CCNCC4)C3=O)cc1)c1ccccc12. The van der Waals surface area contributed by atoms with Gasteiger partial charge in [-0.1, -0.05) is 79.7 Å². The molecule has 0 saturated carbocycles. The number of hydrogen-bond donors (Lipinski definition) is 2. The minimum atomic E-state index is -3.51. The number of para-hydroxylation sites is 2. The Kier molecular flexibility index (Phi) is 9.82. The highest BCUT2D eigenvalue weighted by atomic mass is 28.4. The van der Waals surface area contributed by atoms with Crippen molar-refractivity contribution in [1.82, 2.24) is 10.2 Å². The molecule has 0 aliphatic carbocycles. The van der Waals surface area contributed by atoms with Gasteiger partial charge < -0.3 is 34.0 Å². The number of piperidine rings is 1. The summed E-state index contributed by atoms with van der Waals surface area (Å²) in [6.45, 7) is 7.62. The van der Waals surface area contributed by atoms with Crippen LogP contribution in [0.2, 0.25) is 18.6 Å². The van der Waals surface area contributed by atoms with Gasteiger partial charge in [-0.3, -0.25) is 19.3 Å². The van der Waals surface area contributed by atoms with E-state index in [0.29, 0.717) is 30.9 Å². The molecule has 2 spiro atoms. The molecule has 0 radical (unpaired) electrons. The van der Waals surface area contributed by atoms with Gasteiger partial charge in [-0.2, -0.15) is 0 Å². The smallest absolute Gasteiger partial charge is 0.264 e. The Balaban J connectivity index is 0.974. The molecule has 302 valence electrons. The summed E-state index contributed by atoms with van der Waals surface area (Å²) in [4.78, 5) is 51.0. The molecular weight excluding hydrogens is 750 g/mol. The number of halogens is 1. The third-order valence-corrected chi connectivity index (χ3v) is 16.1. The number of hydrogen-bond acceptors (Lipinski definition) is 7. The average molecular weight is 802 g/mol. The summed E-state index contributed by atoms with van der Waals surface area (Å²) in [5.74, 6) is -0.909. The van der Waals surface area contributed by atoms with Gasteiger partial charge >= 0.3 is 0 Å². The molecule has 3 fully saturated rings. The van der Waals surface area contributed by atoms with E-state index in [4.69, 9.17) is 4.74 Å². The fourth-order valence-electron chi connectivity index (χ4n) is 10.8. The van der Waals surface area contributed by atoms with Crippen LogP contribution >= 0.6 is 0 Å². The van der Waals surface area contributed by atoms with Crippen LogP contribution < -0.4 is 20.0 Å². The summed E-state index contributed by atoms with van der Waals surface area (Å²) < 4.78 is 23.5. The largest absolute Gasteiger partial charge is 0.394 e. The maximum atomic E-state index is 16.6. The lowest BCUT2D eigenvalue weighted by atomic mass is 9.82. The molecule has 0 unspecified atom stereocenters. The zero-order valence-corrected chi connectivity index (χ0v) is 34.4. The lowest BCUT2D eigenvalue weighted by molar-refractivity contribution is -0.151. The number of aliphatic hydroxyl groups is 1. The molecule has 5 atom stereocenters. The first-order chi connectivity index (χ1) is 28.0. The number of nitrogens with zero attached hydrogens (tertiary/aromatic N) is 4. The van der Waals surface area contributed by atoms with E-state index in [0.717, 1.165) is 54.0 Å². The molecule has 0 aromatic heterocycles. The minimum absolute atomic E-state index is 0.0819. The van der Waals surface area contributed by atoms with E-state index < -0.39 is 43.2 Å². The number of anilines is 3. The number of amides is 3. The molecule has 5 aliphatic rings. The first kappa shape index (κ1) is 38.6. The Morgan fingerprint density at radius 2 is 1.55 bits per heavy atom. The van der Waals surface area contributed by atoms with Gasteiger partial charge in [0, 0.05) is 34.9 Å². The maximum Gasteiger partial charge on any atom is 0.264 e. The van der Waals surface area contributed by atoms with Gasteiger partial charge in [0.1, 0.15) is 5.54 Å². The third kappa shape index (κ3) is 6.18. The van der Waals surface area contributed by atoms with Crippen molar-refractivity contribution in [2.24, 2.45) is 5.92 Å². The Hall–Kier alpha value is -4.88. The average Bonchev–Trinajstić information content (AvgIpc) is 3.78. The molecule has 5 heterocycles. The normalized spacial score (nSPS) is 26.5. The maximum absolute atomic E-state index is 16.6. The second kappa shape index (κ2) is 14.7. The number of nitrogens with one attached hydrogen (secondary N) is 1. The van der Waals surface area contributed by atoms with Gasteiger partial charge in [-0.15, -0.1) is 0 Å². The summed E-state index contributed by atoms with van der Waals surface area (Å²) in [5, 5.41) is 13.7. The van der Waals surface area contributed by atoms with E-state index in [1.165, 1.54) is 0 Å². The predicted octanol–water partition coefficient (Wildman–Crippen LogP) is 6.28. The summed E-state index contributed by atoms with van der Waals surface area (Å²) in [5.41, 5.74) is 3.55. The van der Waals surface area contributed by atoms with Crippen molar-refractivity contribution in [1.29, 1.82) is 0 Å². The summed E-state index contributed by atoms with van der Waals surface area (Å²) >= 11 is 0. The Morgan fingerprint density at radius 1 is 0.879 bits per heavy atom. The number of fused-ring (bicyclic) bond motifs is 3. The second-order valence-electron chi connectivity index (χ2n) is 17.3. The molecule has 2 N–H and O–H groups in total. The van der Waals surface area contributed by atoms with Crippen LogP contribution in [0.25, 0.3) is 0 Å². The zero-order valence-electron chi connectivity index (χ0n) is 33.4. The number of aliphatic hydroxyl groups excluding tert-OH is 1. The van der Waals surface area contributed by atoms with Gasteiger partial charge in [0.05, 0.1) is 44.1 Å². The van der Waals surface area contributed by atoms with Crippen molar-refractivity contribution in [3.05, 3.63) is 125 Å².